The van der Waals surface area contributed by atoms with E-state index in [2.05, 4.69) is 15.5 Å². The van der Waals surface area contributed by atoms with E-state index in [1.807, 2.05) is 36.4 Å². The molecule has 2 amide bonds. The van der Waals surface area contributed by atoms with E-state index < -0.39 is 6.10 Å². The van der Waals surface area contributed by atoms with Crippen LogP contribution in [0.1, 0.15) is 12.7 Å². The first-order valence-corrected chi connectivity index (χ1v) is 8.83. The van der Waals surface area contributed by atoms with Crippen molar-refractivity contribution in [2.45, 2.75) is 19.6 Å². The number of anilines is 1. The minimum atomic E-state index is -0.645. The molecule has 142 valence electrons. The zero-order chi connectivity index (χ0) is 19.5. The lowest BCUT2D eigenvalue weighted by Gasteiger charge is -2.32. The molecule has 0 spiro atoms. The molecule has 2 heterocycles. The Morgan fingerprint density at radius 1 is 1.14 bits per heavy atom. The van der Waals surface area contributed by atoms with Gasteiger partial charge in [-0.25, -0.2) is 0 Å². The summed E-state index contributed by atoms with van der Waals surface area (Å²) >= 11 is 0. The average molecular weight is 378 g/mol. The van der Waals surface area contributed by atoms with Gasteiger partial charge in [0.25, 0.3) is 11.8 Å². The minimum absolute atomic E-state index is 0.102. The summed E-state index contributed by atoms with van der Waals surface area (Å²) in [5, 5.41) is 6.59. The van der Waals surface area contributed by atoms with Gasteiger partial charge in [-0.15, -0.1) is 0 Å². The summed E-state index contributed by atoms with van der Waals surface area (Å²) in [6, 6.07) is 16.5. The largest absolute Gasteiger partial charge is 0.479 e. The molecule has 4 rings (SSSR count). The van der Waals surface area contributed by atoms with Crippen LogP contribution in [0.2, 0.25) is 0 Å². The van der Waals surface area contributed by atoms with Crippen LogP contribution in [-0.2, 0) is 16.1 Å². The van der Waals surface area contributed by atoms with Crippen molar-refractivity contribution in [2.24, 2.45) is 0 Å². The summed E-state index contributed by atoms with van der Waals surface area (Å²) in [4.78, 5) is 30.5. The number of aromatic nitrogens is 2. The first-order chi connectivity index (χ1) is 13.6. The number of carbonyl (C=O) groups excluding carboxylic acids is 2. The number of hydrogen-bond acceptors (Lipinski definition) is 6. The third kappa shape index (κ3) is 3.57. The Hall–Kier alpha value is -3.68. The van der Waals surface area contributed by atoms with E-state index in [9.17, 15) is 9.59 Å². The average Bonchev–Trinajstić information content (AvgIpc) is 3.20. The molecule has 0 saturated carbocycles. The van der Waals surface area contributed by atoms with Crippen molar-refractivity contribution in [1.29, 1.82) is 0 Å². The Labute approximate surface area is 161 Å². The summed E-state index contributed by atoms with van der Waals surface area (Å²) in [6.45, 7) is 1.64. The Kier molecular flexibility index (Phi) is 4.76. The Bertz CT molecular complexity index is 1000. The lowest BCUT2D eigenvalue weighted by atomic mass is 10.2. The molecule has 3 aromatic rings. The summed E-state index contributed by atoms with van der Waals surface area (Å²) in [5.41, 5.74) is 1.38. The summed E-state index contributed by atoms with van der Waals surface area (Å²) in [6.07, 6.45) is -0.645. The van der Waals surface area contributed by atoms with Crippen LogP contribution in [0.3, 0.4) is 0 Å². The lowest BCUT2D eigenvalue weighted by Crippen LogP contribution is -2.48. The molecule has 0 fully saturated rings. The van der Waals surface area contributed by atoms with Crippen LogP contribution in [0.15, 0.2) is 59.1 Å². The highest BCUT2D eigenvalue weighted by Crippen LogP contribution is 2.33. The molecule has 0 aliphatic carbocycles. The minimum Gasteiger partial charge on any atom is -0.479 e. The quantitative estimate of drug-likeness (QED) is 0.731. The predicted octanol–water partition coefficient (Wildman–Crippen LogP) is 2.17. The van der Waals surface area contributed by atoms with E-state index in [0.29, 0.717) is 23.2 Å². The number of benzene rings is 2. The fourth-order valence-electron chi connectivity index (χ4n) is 2.92. The number of rotatable bonds is 5. The molecular weight excluding hydrogens is 360 g/mol. The molecule has 0 saturated heterocycles. The topological polar surface area (TPSA) is 97.6 Å². The first kappa shape index (κ1) is 17.7. The van der Waals surface area contributed by atoms with Gasteiger partial charge in [0.15, 0.2) is 11.9 Å². The smallest absolute Gasteiger partial charge is 0.268 e. The number of amides is 2. The normalized spacial score (nSPS) is 15.7. The molecule has 1 unspecified atom stereocenters. The molecule has 8 heteroatoms. The number of carbonyl (C=O) groups is 2. The van der Waals surface area contributed by atoms with Crippen molar-refractivity contribution >= 4 is 17.5 Å². The van der Waals surface area contributed by atoms with E-state index in [1.54, 1.807) is 25.1 Å². The zero-order valence-electron chi connectivity index (χ0n) is 15.2. The van der Waals surface area contributed by atoms with Crippen LogP contribution in [0, 0.1) is 0 Å². The number of para-hydroxylation sites is 2. The number of nitrogens with one attached hydrogen (secondary N) is 1. The van der Waals surface area contributed by atoms with Gasteiger partial charge in [0.05, 0.1) is 12.2 Å². The van der Waals surface area contributed by atoms with Gasteiger partial charge >= 0.3 is 0 Å². The fraction of sp³-hybridized carbons (Fsp3) is 0.200. The van der Waals surface area contributed by atoms with Gasteiger partial charge in [-0.1, -0.05) is 35.5 Å². The molecule has 0 radical (unpaired) electrons. The molecule has 8 nitrogen and oxygen atoms in total. The Morgan fingerprint density at radius 3 is 2.71 bits per heavy atom. The molecule has 1 aliphatic heterocycles. The third-order valence-corrected chi connectivity index (χ3v) is 4.31. The molecule has 1 aromatic heterocycles. The van der Waals surface area contributed by atoms with Crippen LogP contribution in [-0.4, -0.2) is 34.6 Å². The van der Waals surface area contributed by atoms with Gasteiger partial charge in [-0.05, 0) is 31.2 Å². The highest BCUT2D eigenvalue weighted by atomic mass is 16.5. The van der Waals surface area contributed by atoms with Crippen molar-refractivity contribution in [2.75, 3.05) is 11.4 Å². The fourth-order valence-corrected chi connectivity index (χ4v) is 2.92. The molecule has 28 heavy (non-hydrogen) atoms. The van der Waals surface area contributed by atoms with Crippen molar-refractivity contribution in [1.82, 2.24) is 15.5 Å². The van der Waals surface area contributed by atoms with E-state index in [4.69, 9.17) is 9.26 Å². The maximum atomic E-state index is 12.4. The first-order valence-electron chi connectivity index (χ1n) is 8.83. The van der Waals surface area contributed by atoms with Crippen molar-refractivity contribution in [3.63, 3.8) is 0 Å². The maximum absolute atomic E-state index is 12.4. The van der Waals surface area contributed by atoms with Crippen LogP contribution < -0.4 is 15.0 Å². The van der Waals surface area contributed by atoms with Crippen molar-refractivity contribution in [3.05, 3.63) is 60.4 Å². The van der Waals surface area contributed by atoms with E-state index >= 15 is 0 Å². The second-order valence-corrected chi connectivity index (χ2v) is 6.31. The highest BCUT2D eigenvalue weighted by Gasteiger charge is 2.32. The maximum Gasteiger partial charge on any atom is 0.268 e. The highest BCUT2D eigenvalue weighted by molar-refractivity contribution is 6.03. The second-order valence-electron chi connectivity index (χ2n) is 6.31. The summed E-state index contributed by atoms with van der Waals surface area (Å²) in [5.74, 6) is 0.724. The van der Waals surface area contributed by atoms with Crippen molar-refractivity contribution in [3.8, 4) is 17.2 Å². The summed E-state index contributed by atoms with van der Waals surface area (Å²) in [7, 11) is 0. The third-order valence-electron chi connectivity index (χ3n) is 4.31. The van der Waals surface area contributed by atoms with Gasteiger partial charge in [0, 0.05) is 5.56 Å². The summed E-state index contributed by atoms with van der Waals surface area (Å²) < 4.78 is 10.8. The monoisotopic (exact) mass is 378 g/mol. The van der Waals surface area contributed by atoms with Gasteiger partial charge < -0.3 is 14.6 Å². The van der Waals surface area contributed by atoms with Gasteiger partial charge in [-0.3, -0.25) is 14.5 Å². The van der Waals surface area contributed by atoms with Gasteiger partial charge in [0.2, 0.25) is 5.91 Å². The number of fused-ring (bicyclic) bond motifs is 1. The molecule has 1 aliphatic rings. The second kappa shape index (κ2) is 7.51. The van der Waals surface area contributed by atoms with Crippen LogP contribution in [0.25, 0.3) is 11.5 Å². The van der Waals surface area contributed by atoms with Crippen LogP contribution >= 0.6 is 0 Å². The zero-order valence-corrected chi connectivity index (χ0v) is 15.2. The van der Waals surface area contributed by atoms with E-state index in [0.717, 1.165) is 5.56 Å². The standard InChI is InChI=1S/C20H18N4O4/c1-13-20(26)24(15-9-5-6-10-16(15)27-13)12-18(25)21-11-17-22-19(28-23-17)14-7-3-2-4-8-14/h2-10,13H,11-12H2,1H3,(H,21,25). The van der Waals surface area contributed by atoms with E-state index in [-0.39, 0.29) is 24.9 Å². The lowest BCUT2D eigenvalue weighted by molar-refractivity contribution is -0.128. The van der Waals surface area contributed by atoms with Crippen molar-refractivity contribution < 1.29 is 18.8 Å². The molecular formula is C20H18N4O4. The molecule has 2 aromatic carbocycles. The predicted molar refractivity (Wildman–Crippen MR) is 100 cm³/mol. The Morgan fingerprint density at radius 2 is 1.89 bits per heavy atom. The number of ether oxygens (including phenoxy) is 1. The molecule has 1 N–H and O–H groups in total. The van der Waals surface area contributed by atoms with Gasteiger partial charge in [0.1, 0.15) is 12.3 Å². The molecule has 1 atom stereocenters. The number of nitrogens with zero attached hydrogens (tertiary/aromatic N) is 3. The molecule has 0 bridgehead atoms. The SMILES string of the molecule is CC1Oc2ccccc2N(CC(=O)NCc2noc(-c3ccccc3)n2)C1=O. The van der Waals surface area contributed by atoms with Gasteiger partial charge in [-0.2, -0.15) is 4.98 Å². The number of hydrogen-bond donors (Lipinski definition) is 1. The van der Waals surface area contributed by atoms with Crippen LogP contribution in [0.5, 0.6) is 5.75 Å². The van der Waals surface area contributed by atoms with Crippen LogP contribution in [0.4, 0.5) is 5.69 Å². The van der Waals surface area contributed by atoms with E-state index in [1.165, 1.54) is 4.90 Å². The Balaban J connectivity index is 1.40.